The molecule has 0 aromatic heterocycles. The van der Waals surface area contributed by atoms with E-state index in [1.807, 2.05) is 0 Å². The Kier molecular flexibility index (Phi) is 4.55. The van der Waals surface area contributed by atoms with Gasteiger partial charge in [0.2, 0.25) is 0 Å². The van der Waals surface area contributed by atoms with E-state index in [0.29, 0.717) is 5.92 Å². The molecule has 26 heavy (non-hydrogen) atoms. The summed E-state index contributed by atoms with van der Waals surface area (Å²) in [6.07, 6.45) is 11.4. The van der Waals surface area contributed by atoms with E-state index in [2.05, 4.69) is 91.0 Å². The van der Waals surface area contributed by atoms with Gasteiger partial charge in [-0.05, 0) is 46.6 Å². The van der Waals surface area contributed by atoms with E-state index < -0.39 is 0 Å². The smallest absolute Gasteiger partial charge is 0.126 e. The normalized spacial score (nSPS) is 19.7. The highest BCUT2D eigenvalue weighted by molar-refractivity contribution is 5.79. The maximum Gasteiger partial charge on any atom is 0.126 e. The van der Waals surface area contributed by atoms with E-state index in [1.165, 1.54) is 33.4 Å². The van der Waals surface area contributed by atoms with Gasteiger partial charge in [0.1, 0.15) is 5.75 Å². The lowest BCUT2D eigenvalue weighted by Gasteiger charge is -2.31. The summed E-state index contributed by atoms with van der Waals surface area (Å²) in [7, 11) is 1.80. The molecule has 0 bridgehead atoms. The fourth-order valence-electron chi connectivity index (χ4n) is 3.95. The van der Waals surface area contributed by atoms with Crippen molar-refractivity contribution in [2.24, 2.45) is 5.92 Å². The molecular formula is C25H32O. The number of methoxy groups -OCH3 is 1. The van der Waals surface area contributed by atoms with Gasteiger partial charge >= 0.3 is 0 Å². The van der Waals surface area contributed by atoms with Crippen molar-refractivity contribution in [1.29, 1.82) is 0 Å². The van der Waals surface area contributed by atoms with Crippen LogP contribution in [-0.4, -0.2) is 7.11 Å². The molecule has 0 aliphatic heterocycles. The second-order valence-electron chi connectivity index (χ2n) is 9.62. The van der Waals surface area contributed by atoms with Crippen LogP contribution >= 0.6 is 0 Å². The number of allylic oxidation sites excluding steroid dienone is 8. The topological polar surface area (TPSA) is 9.23 Å². The van der Waals surface area contributed by atoms with Gasteiger partial charge in [0, 0.05) is 17.0 Å². The summed E-state index contributed by atoms with van der Waals surface area (Å²) in [5, 5.41) is 0. The molecule has 0 N–H and O–H groups in total. The molecule has 2 aliphatic carbocycles. The first-order valence-electron chi connectivity index (χ1n) is 9.54. The molecule has 0 saturated carbocycles. The molecular weight excluding hydrogens is 316 g/mol. The van der Waals surface area contributed by atoms with E-state index in [0.717, 1.165) is 5.75 Å². The summed E-state index contributed by atoms with van der Waals surface area (Å²) in [5.41, 5.74) is 8.04. The van der Waals surface area contributed by atoms with Gasteiger partial charge < -0.3 is 4.74 Å². The zero-order valence-corrected chi connectivity index (χ0v) is 17.5. The van der Waals surface area contributed by atoms with Crippen LogP contribution in [-0.2, 0) is 10.8 Å². The van der Waals surface area contributed by atoms with E-state index in [9.17, 15) is 0 Å². The molecule has 0 amide bonds. The van der Waals surface area contributed by atoms with E-state index in [1.54, 1.807) is 7.11 Å². The zero-order chi connectivity index (χ0) is 19.3. The maximum absolute atomic E-state index is 5.92. The fraction of sp³-hybridized carbons (Fsp3) is 0.440. The van der Waals surface area contributed by atoms with Gasteiger partial charge in [0.25, 0.3) is 0 Å². The molecule has 1 nitrogen and oxygen atoms in total. The number of fused-ring (bicyclic) bond motifs is 1. The predicted molar refractivity (Wildman–Crippen MR) is 113 cm³/mol. The Morgan fingerprint density at radius 2 is 1.50 bits per heavy atom. The highest BCUT2D eigenvalue weighted by Gasteiger charge is 2.30. The van der Waals surface area contributed by atoms with Crippen molar-refractivity contribution in [2.45, 2.75) is 59.3 Å². The van der Waals surface area contributed by atoms with E-state index in [4.69, 9.17) is 4.74 Å². The number of ether oxygens (including phenoxy) is 1. The molecule has 3 rings (SSSR count). The SMILES string of the molecule is COc1c(C(C)(C)C)cc(C2=CC=CC3=CC(C)=CC32)cc1C(C)(C)C. The Hall–Kier alpha value is -2.02. The summed E-state index contributed by atoms with van der Waals surface area (Å²) in [6, 6.07) is 4.69. The lowest BCUT2D eigenvalue weighted by molar-refractivity contribution is 0.381. The van der Waals surface area contributed by atoms with E-state index >= 15 is 0 Å². The molecule has 1 heteroatoms. The summed E-state index contributed by atoms with van der Waals surface area (Å²) in [5.74, 6) is 1.41. The fourth-order valence-corrected chi connectivity index (χ4v) is 3.95. The molecule has 1 unspecified atom stereocenters. The molecule has 0 fully saturated rings. The largest absolute Gasteiger partial charge is 0.496 e. The number of hydrogen-bond acceptors (Lipinski definition) is 1. The second kappa shape index (κ2) is 6.30. The van der Waals surface area contributed by atoms with Crippen molar-refractivity contribution in [3.63, 3.8) is 0 Å². The number of rotatable bonds is 2. The lowest BCUT2D eigenvalue weighted by atomic mass is 9.75. The van der Waals surface area contributed by atoms with Gasteiger partial charge in [-0.1, -0.05) is 77.5 Å². The first-order valence-corrected chi connectivity index (χ1v) is 9.54. The third kappa shape index (κ3) is 3.32. The van der Waals surface area contributed by atoms with Crippen molar-refractivity contribution < 1.29 is 4.74 Å². The monoisotopic (exact) mass is 348 g/mol. The molecule has 138 valence electrons. The van der Waals surface area contributed by atoms with Crippen LogP contribution < -0.4 is 4.74 Å². The Balaban J connectivity index is 2.25. The van der Waals surface area contributed by atoms with Crippen LogP contribution in [0.25, 0.3) is 5.57 Å². The van der Waals surface area contributed by atoms with Crippen LogP contribution in [0, 0.1) is 5.92 Å². The Bertz CT molecular complexity index is 810. The van der Waals surface area contributed by atoms with Crippen molar-refractivity contribution in [3.05, 3.63) is 70.3 Å². The van der Waals surface area contributed by atoms with Crippen LogP contribution in [0.2, 0.25) is 0 Å². The third-order valence-electron chi connectivity index (χ3n) is 5.32. The van der Waals surface area contributed by atoms with Crippen LogP contribution in [0.5, 0.6) is 5.75 Å². The highest BCUT2D eigenvalue weighted by atomic mass is 16.5. The van der Waals surface area contributed by atoms with Crippen molar-refractivity contribution in [1.82, 2.24) is 0 Å². The molecule has 1 aromatic rings. The number of benzene rings is 1. The summed E-state index contributed by atoms with van der Waals surface area (Å²) in [4.78, 5) is 0. The molecule has 0 saturated heterocycles. The Labute approximate surface area is 159 Å². The molecule has 0 heterocycles. The van der Waals surface area contributed by atoms with Gasteiger partial charge in [0.05, 0.1) is 7.11 Å². The van der Waals surface area contributed by atoms with Crippen molar-refractivity contribution >= 4 is 5.57 Å². The Morgan fingerprint density at radius 1 is 0.923 bits per heavy atom. The van der Waals surface area contributed by atoms with Crippen LogP contribution in [0.15, 0.2) is 53.7 Å². The Morgan fingerprint density at radius 3 is 2.00 bits per heavy atom. The quantitative estimate of drug-likeness (QED) is 0.574. The number of hydrogen-bond donors (Lipinski definition) is 0. The predicted octanol–water partition coefficient (Wildman–Crippen LogP) is 6.75. The first-order chi connectivity index (χ1) is 12.0. The summed E-state index contributed by atoms with van der Waals surface area (Å²) >= 11 is 0. The minimum atomic E-state index is 0.0204. The third-order valence-corrected chi connectivity index (χ3v) is 5.32. The molecule has 1 aromatic carbocycles. The van der Waals surface area contributed by atoms with E-state index in [-0.39, 0.29) is 10.8 Å². The lowest BCUT2D eigenvalue weighted by Crippen LogP contribution is -2.20. The second-order valence-corrected chi connectivity index (χ2v) is 9.62. The minimum absolute atomic E-state index is 0.0204. The van der Waals surface area contributed by atoms with Crippen molar-refractivity contribution in [2.75, 3.05) is 7.11 Å². The molecule has 1 atom stereocenters. The van der Waals surface area contributed by atoms with Gasteiger partial charge in [0.15, 0.2) is 0 Å². The minimum Gasteiger partial charge on any atom is -0.496 e. The van der Waals surface area contributed by atoms with Gasteiger partial charge in [-0.15, -0.1) is 0 Å². The summed E-state index contributed by atoms with van der Waals surface area (Å²) < 4.78 is 5.92. The average molecular weight is 349 g/mol. The van der Waals surface area contributed by atoms with Crippen molar-refractivity contribution in [3.8, 4) is 5.75 Å². The van der Waals surface area contributed by atoms with Gasteiger partial charge in [-0.3, -0.25) is 0 Å². The van der Waals surface area contributed by atoms with Crippen LogP contribution in [0.1, 0.15) is 65.2 Å². The maximum atomic E-state index is 5.92. The first kappa shape index (κ1) is 18.8. The van der Waals surface area contributed by atoms with Crippen LogP contribution in [0.3, 0.4) is 0 Å². The van der Waals surface area contributed by atoms with Gasteiger partial charge in [-0.2, -0.15) is 0 Å². The van der Waals surface area contributed by atoms with Gasteiger partial charge in [-0.25, -0.2) is 0 Å². The summed E-state index contributed by atoms with van der Waals surface area (Å²) in [6.45, 7) is 15.8. The average Bonchev–Trinajstić information content (AvgIpc) is 2.91. The highest BCUT2D eigenvalue weighted by Crippen LogP contribution is 2.45. The molecule has 0 radical (unpaired) electrons. The standard InChI is InChI=1S/C25H32O/c1-16-12-17-10-9-11-19(20(17)13-16)18-14-21(24(2,3)4)23(26-8)22(15-18)25(5,6)7/h9-15,20H,1-8H3. The zero-order valence-electron chi connectivity index (χ0n) is 17.5. The molecule has 0 spiro atoms. The molecule has 2 aliphatic rings. The van der Waals surface area contributed by atoms with Crippen LogP contribution in [0.4, 0.5) is 0 Å².